The van der Waals surface area contributed by atoms with Gasteiger partial charge in [-0.25, -0.2) is 8.42 Å². The van der Waals surface area contributed by atoms with Crippen LogP contribution in [0.2, 0.25) is 0 Å². The molecule has 0 atom stereocenters. The lowest BCUT2D eigenvalue weighted by molar-refractivity contribution is 0.365. The van der Waals surface area contributed by atoms with Gasteiger partial charge in [-0.15, -0.1) is 11.3 Å². The Morgan fingerprint density at radius 2 is 1.72 bits per heavy atom. The number of sulfonamides is 1. The third-order valence-corrected chi connectivity index (χ3v) is 7.73. The fraction of sp³-hybridized carbons (Fsp3) is 0.667. The van der Waals surface area contributed by atoms with Crippen molar-refractivity contribution >= 4 is 37.3 Å². The second-order valence-corrected chi connectivity index (χ2v) is 9.23. The molecule has 3 nitrogen and oxygen atoms in total. The van der Waals surface area contributed by atoms with Crippen molar-refractivity contribution in [3.8, 4) is 0 Å². The van der Waals surface area contributed by atoms with Crippen molar-refractivity contribution in [2.45, 2.75) is 43.2 Å². The zero-order chi connectivity index (χ0) is 13.2. The molecule has 1 fully saturated rings. The zero-order valence-electron chi connectivity index (χ0n) is 10.5. The minimum absolute atomic E-state index is 0.465. The van der Waals surface area contributed by atoms with Crippen LogP contribution in [0.4, 0.5) is 0 Å². The number of halogens is 1. The maximum Gasteiger partial charge on any atom is 0.252 e. The highest BCUT2D eigenvalue weighted by Gasteiger charge is 2.26. The van der Waals surface area contributed by atoms with Gasteiger partial charge in [0.15, 0.2) is 0 Å². The minimum Gasteiger partial charge on any atom is -0.206 e. The number of thiophene rings is 1. The Morgan fingerprint density at radius 3 is 2.22 bits per heavy atom. The van der Waals surface area contributed by atoms with Crippen molar-refractivity contribution in [3.63, 3.8) is 0 Å². The van der Waals surface area contributed by atoms with Crippen LogP contribution in [0.3, 0.4) is 0 Å². The monoisotopic (exact) mass is 351 g/mol. The van der Waals surface area contributed by atoms with Crippen LogP contribution in [0.15, 0.2) is 14.1 Å². The lowest BCUT2D eigenvalue weighted by atomic mass is 10.1. The largest absolute Gasteiger partial charge is 0.252 e. The Morgan fingerprint density at radius 1 is 1.17 bits per heavy atom. The van der Waals surface area contributed by atoms with E-state index in [4.69, 9.17) is 0 Å². The standard InChI is InChI=1S/C12H18BrNO2S2/c1-10-9-11(17-12(10)13)18(15,16)14-7-5-3-2-4-6-8-14/h9H,2-8H2,1H3. The van der Waals surface area contributed by atoms with Gasteiger partial charge in [0.25, 0.3) is 10.0 Å². The Bertz CT molecular complexity index is 483. The summed E-state index contributed by atoms with van der Waals surface area (Å²) < 4.78 is 28.1. The number of aryl methyl sites for hydroxylation is 1. The summed E-state index contributed by atoms with van der Waals surface area (Å²) in [5.74, 6) is 0. The van der Waals surface area contributed by atoms with E-state index >= 15 is 0 Å². The molecule has 2 heterocycles. The Kier molecular flexibility index (Phi) is 4.86. The Labute approximate surface area is 121 Å². The number of rotatable bonds is 2. The van der Waals surface area contributed by atoms with Crippen molar-refractivity contribution in [3.05, 3.63) is 15.4 Å². The molecule has 18 heavy (non-hydrogen) atoms. The van der Waals surface area contributed by atoms with Crippen LogP contribution in [0.5, 0.6) is 0 Å². The fourth-order valence-electron chi connectivity index (χ4n) is 2.14. The summed E-state index contributed by atoms with van der Waals surface area (Å²) in [6, 6.07) is 1.77. The van der Waals surface area contributed by atoms with Gasteiger partial charge in [-0.2, -0.15) is 4.31 Å². The van der Waals surface area contributed by atoms with Gasteiger partial charge in [0.1, 0.15) is 4.21 Å². The van der Waals surface area contributed by atoms with Crippen molar-refractivity contribution in [2.24, 2.45) is 0 Å². The highest BCUT2D eigenvalue weighted by atomic mass is 79.9. The van der Waals surface area contributed by atoms with E-state index in [-0.39, 0.29) is 0 Å². The summed E-state index contributed by atoms with van der Waals surface area (Å²) in [4.78, 5) is 0. The SMILES string of the molecule is Cc1cc(S(=O)(=O)N2CCCCCCC2)sc1Br. The molecule has 0 bridgehead atoms. The molecule has 0 unspecified atom stereocenters. The van der Waals surface area contributed by atoms with Crippen molar-refractivity contribution in [1.82, 2.24) is 4.31 Å². The molecule has 102 valence electrons. The van der Waals surface area contributed by atoms with E-state index in [1.54, 1.807) is 10.4 Å². The molecule has 2 rings (SSSR count). The van der Waals surface area contributed by atoms with Crippen LogP contribution in [0.25, 0.3) is 0 Å². The van der Waals surface area contributed by atoms with Gasteiger partial charge < -0.3 is 0 Å². The summed E-state index contributed by atoms with van der Waals surface area (Å²) in [6.45, 7) is 3.25. The summed E-state index contributed by atoms with van der Waals surface area (Å²) in [5, 5.41) is 0. The molecule has 0 aromatic carbocycles. The van der Waals surface area contributed by atoms with Crippen LogP contribution in [-0.4, -0.2) is 25.8 Å². The lowest BCUT2D eigenvalue weighted by Crippen LogP contribution is -2.33. The molecule has 0 aliphatic carbocycles. The van der Waals surface area contributed by atoms with E-state index in [0.717, 1.165) is 35.0 Å². The molecule has 0 spiro atoms. The van der Waals surface area contributed by atoms with E-state index in [2.05, 4.69) is 15.9 Å². The Hall–Kier alpha value is 0.0900. The number of hydrogen-bond acceptors (Lipinski definition) is 3. The predicted molar refractivity (Wildman–Crippen MR) is 78.6 cm³/mol. The van der Waals surface area contributed by atoms with Gasteiger partial charge in [-0.1, -0.05) is 19.3 Å². The second-order valence-electron chi connectivity index (χ2n) is 4.69. The van der Waals surface area contributed by atoms with Crippen LogP contribution >= 0.6 is 27.3 Å². The maximum absolute atomic E-state index is 12.5. The first-order valence-electron chi connectivity index (χ1n) is 6.28. The molecule has 1 aliphatic heterocycles. The smallest absolute Gasteiger partial charge is 0.206 e. The third kappa shape index (κ3) is 3.15. The van der Waals surface area contributed by atoms with Crippen LogP contribution < -0.4 is 0 Å². The first-order valence-corrected chi connectivity index (χ1v) is 9.33. The highest BCUT2D eigenvalue weighted by molar-refractivity contribution is 9.11. The summed E-state index contributed by atoms with van der Waals surface area (Å²) >= 11 is 4.71. The van der Waals surface area contributed by atoms with E-state index in [1.165, 1.54) is 17.8 Å². The first-order chi connectivity index (χ1) is 8.51. The van der Waals surface area contributed by atoms with Crippen molar-refractivity contribution in [1.29, 1.82) is 0 Å². The average molecular weight is 352 g/mol. The molecular weight excluding hydrogens is 334 g/mol. The van der Waals surface area contributed by atoms with Crippen LogP contribution in [0.1, 0.15) is 37.7 Å². The van der Waals surface area contributed by atoms with Crippen molar-refractivity contribution < 1.29 is 8.42 Å². The minimum atomic E-state index is -3.28. The van der Waals surface area contributed by atoms with E-state index in [9.17, 15) is 8.42 Å². The summed E-state index contributed by atoms with van der Waals surface area (Å²) in [6.07, 6.45) is 5.46. The first kappa shape index (κ1) is 14.5. The molecule has 6 heteroatoms. The molecule has 0 radical (unpaired) electrons. The van der Waals surface area contributed by atoms with Crippen LogP contribution in [0, 0.1) is 6.92 Å². The van der Waals surface area contributed by atoms with E-state index < -0.39 is 10.0 Å². The van der Waals surface area contributed by atoms with Gasteiger partial charge in [-0.05, 0) is 47.3 Å². The highest BCUT2D eigenvalue weighted by Crippen LogP contribution is 2.32. The third-order valence-electron chi connectivity index (χ3n) is 3.24. The normalized spacial score (nSPS) is 19.4. The Balaban J connectivity index is 2.23. The quantitative estimate of drug-likeness (QED) is 0.812. The molecular formula is C12H18BrNO2S2. The molecule has 0 amide bonds. The molecule has 1 aromatic rings. The fourth-order valence-corrected chi connectivity index (χ4v) is 6.04. The predicted octanol–water partition coefficient (Wildman–Crippen LogP) is 3.77. The van der Waals surface area contributed by atoms with E-state index in [0.29, 0.717) is 17.3 Å². The van der Waals surface area contributed by atoms with Gasteiger partial charge in [-0.3, -0.25) is 0 Å². The molecule has 1 saturated heterocycles. The van der Waals surface area contributed by atoms with Gasteiger partial charge in [0.05, 0.1) is 3.79 Å². The van der Waals surface area contributed by atoms with Gasteiger partial charge in [0.2, 0.25) is 0 Å². The number of hydrogen-bond donors (Lipinski definition) is 0. The van der Waals surface area contributed by atoms with E-state index in [1.807, 2.05) is 6.92 Å². The molecule has 0 saturated carbocycles. The second kappa shape index (κ2) is 6.03. The zero-order valence-corrected chi connectivity index (χ0v) is 13.7. The van der Waals surface area contributed by atoms with Crippen LogP contribution in [-0.2, 0) is 10.0 Å². The topological polar surface area (TPSA) is 37.4 Å². The average Bonchev–Trinajstić information content (AvgIpc) is 2.58. The maximum atomic E-state index is 12.5. The van der Waals surface area contributed by atoms with Crippen molar-refractivity contribution in [2.75, 3.05) is 13.1 Å². The summed E-state index contributed by atoms with van der Waals surface area (Å²) in [5.41, 5.74) is 0.991. The molecule has 1 aliphatic rings. The molecule has 1 aromatic heterocycles. The number of nitrogens with zero attached hydrogens (tertiary/aromatic N) is 1. The molecule has 0 N–H and O–H groups in total. The lowest BCUT2D eigenvalue weighted by Gasteiger charge is -2.23. The van der Waals surface area contributed by atoms with Gasteiger partial charge in [0, 0.05) is 13.1 Å². The van der Waals surface area contributed by atoms with Gasteiger partial charge >= 0.3 is 0 Å². The summed E-state index contributed by atoms with van der Waals surface area (Å²) in [7, 11) is -3.28.